The van der Waals surface area contributed by atoms with Crippen LogP contribution in [0, 0.1) is 0 Å². The third-order valence-electron chi connectivity index (χ3n) is 5.25. The highest BCUT2D eigenvalue weighted by molar-refractivity contribution is 7.87. The van der Waals surface area contributed by atoms with Gasteiger partial charge in [-0.05, 0) is 23.3 Å². The average Bonchev–Trinajstić information content (AvgIpc) is 3.24. The van der Waals surface area contributed by atoms with E-state index in [0.717, 1.165) is 16.8 Å². The van der Waals surface area contributed by atoms with Gasteiger partial charge in [-0.2, -0.15) is 17.8 Å². The van der Waals surface area contributed by atoms with E-state index in [4.69, 9.17) is 21.3 Å². The van der Waals surface area contributed by atoms with Crippen molar-refractivity contribution in [2.45, 2.75) is 12.8 Å². The SMILES string of the molecule is CCN(CCOC)S(=O)(=O)/N=C(\CN)N1CC(c2ccccc2)C(c2ccc(N)cc2)=N1. The van der Waals surface area contributed by atoms with E-state index in [1.54, 1.807) is 11.9 Å². The lowest BCUT2D eigenvalue weighted by molar-refractivity contribution is 0.180. The van der Waals surface area contributed by atoms with Gasteiger partial charge in [-0.25, -0.2) is 5.01 Å². The van der Waals surface area contributed by atoms with Gasteiger partial charge in [0.2, 0.25) is 0 Å². The van der Waals surface area contributed by atoms with Crippen LogP contribution in [0.1, 0.15) is 24.0 Å². The molecule has 3 rings (SSSR count). The van der Waals surface area contributed by atoms with Crippen LogP contribution in [-0.2, 0) is 14.9 Å². The molecule has 1 atom stereocenters. The third kappa shape index (κ3) is 5.52. The van der Waals surface area contributed by atoms with E-state index in [1.165, 1.54) is 11.4 Å². The minimum absolute atomic E-state index is 0.0684. The molecule has 0 aromatic heterocycles. The molecule has 1 aliphatic rings. The van der Waals surface area contributed by atoms with Crippen LogP contribution in [0.15, 0.2) is 64.1 Å². The zero-order valence-corrected chi connectivity index (χ0v) is 19.2. The molecule has 0 fully saturated rings. The summed E-state index contributed by atoms with van der Waals surface area (Å²) in [6.45, 7) is 2.88. The second-order valence-corrected chi connectivity index (χ2v) is 8.92. The molecule has 0 saturated carbocycles. The molecule has 4 N–H and O–H groups in total. The summed E-state index contributed by atoms with van der Waals surface area (Å²) in [6, 6.07) is 17.4. The predicted octanol–water partition coefficient (Wildman–Crippen LogP) is 1.64. The van der Waals surface area contributed by atoms with Gasteiger partial charge >= 0.3 is 10.2 Å². The zero-order valence-electron chi connectivity index (χ0n) is 18.4. The first-order chi connectivity index (χ1) is 15.4. The Morgan fingerprint density at radius 1 is 1.22 bits per heavy atom. The number of hydrogen-bond donors (Lipinski definition) is 2. The van der Waals surface area contributed by atoms with Gasteiger partial charge in [0.1, 0.15) is 0 Å². The summed E-state index contributed by atoms with van der Waals surface area (Å²) in [5, 5.41) is 6.33. The Hall–Kier alpha value is -2.79. The molecule has 2 aromatic carbocycles. The standard InChI is InChI=1S/C22H30N6O3S/c1-3-27(13-14-31-2)32(29,30)26-21(15-23)28-16-20(17-7-5-4-6-8-17)22(25-28)18-9-11-19(24)12-10-18/h4-12,20H,3,13-16,23-24H2,1-2H3/b26-21+. The number of amidine groups is 1. The van der Waals surface area contributed by atoms with Crippen LogP contribution < -0.4 is 11.5 Å². The van der Waals surface area contributed by atoms with Crippen molar-refractivity contribution in [3.63, 3.8) is 0 Å². The Balaban J connectivity index is 1.98. The number of hydrazone groups is 1. The van der Waals surface area contributed by atoms with Crippen LogP contribution >= 0.6 is 0 Å². The predicted molar refractivity (Wildman–Crippen MR) is 128 cm³/mol. The maximum absolute atomic E-state index is 12.9. The lowest BCUT2D eigenvalue weighted by atomic mass is 9.90. The molecule has 10 heteroatoms. The van der Waals surface area contributed by atoms with Crippen molar-refractivity contribution in [3.8, 4) is 0 Å². The molecule has 1 heterocycles. The second kappa shape index (κ2) is 10.7. The largest absolute Gasteiger partial charge is 0.399 e. The van der Waals surface area contributed by atoms with Crippen LogP contribution in [0.25, 0.3) is 0 Å². The quantitative estimate of drug-likeness (QED) is 0.334. The fraction of sp³-hybridized carbons (Fsp3) is 0.364. The molecule has 0 amide bonds. The van der Waals surface area contributed by atoms with Gasteiger partial charge in [-0.15, -0.1) is 4.40 Å². The van der Waals surface area contributed by atoms with Crippen LogP contribution in [0.4, 0.5) is 5.69 Å². The van der Waals surface area contributed by atoms with Crippen molar-refractivity contribution in [2.24, 2.45) is 15.2 Å². The summed E-state index contributed by atoms with van der Waals surface area (Å²) in [5.41, 5.74) is 15.2. The molecule has 0 spiro atoms. The minimum atomic E-state index is -3.93. The van der Waals surface area contributed by atoms with Crippen LogP contribution in [-0.4, -0.2) is 69.2 Å². The maximum atomic E-state index is 12.9. The first-order valence-corrected chi connectivity index (χ1v) is 11.8. The van der Waals surface area contributed by atoms with E-state index in [-0.39, 0.29) is 38.0 Å². The number of hydrogen-bond acceptors (Lipinski definition) is 6. The topological polar surface area (TPSA) is 127 Å². The molecule has 2 aromatic rings. The Bertz CT molecular complexity index is 1050. The summed E-state index contributed by atoms with van der Waals surface area (Å²) in [6.07, 6.45) is 0. The van der Waals surface area contributed by atoms with Crippen LogP contribution in [0.5, 0.6) is 0 Å². The van der Waals surface area contributed by atoms with Gasteiger partial charge in [0, 0.05) is 31.8 Å². The van der Waals surface area contributed by atoms with E-state index in [1.807, 2.05) is 54.6 Å². The lowest BCUT2D eigenvalue weighted by Crippen LogP contribution is -2.37. The van der Waals surface area contributed by atoms with Crippen molar-refractivity contribution < 1.29 is 13.2 Å². The number of methoxy groups -OCH3 is 1. The number of benzene rings is 2. The minimum Gasteiger partial charge on any atom is -0.399 e. The Morgan fingerprint density at radius 2 is 1.91 bits per heavy atom. The summed E-state index contributed by atoms with van der Waals surface area (Å²) in [7, 11) is -2.41. The Morgan fingerprint density at radius 3 is 2.50 bits per heavy atom. The zero-order chi connectivity index (χ0) is 23.1. The Labute approximate surface area is 189 Å². The van der Waals surface area contributed by atoms with Gasteiger partial charge in [-0.3, -0.25) is 0 Å². The average molecular weight is 459 g/mol. The molecule has 0 aliphatic carbocycles. The number of nitrogens with zero attached hydrogens (tertiary/aromatic N) is 4. The maximum Gasteiger partial charge on any atom is 0.324 e. The second-order valence-electron chi connectivity index (χ2n) is 7.33. The van der Waals surface area contributed by atoms with E-state index < -0.39 is 10.2 Å². The fourth-order valence-corrected chi connectivity index (χ4v) is 4.72. The third-order valence-corrected chi connectivity index (χ3v) is 6.78. The first kappa shape index (κ1) is 23.9. The van der Waals surface area contributed by atoms with Crippen molar-refractivity contribution in [1.29, 1.82) is 0 Å². The van der Waals surface area contributed by atoms with Gasteiger partial charge in [0.05, 0.1) is 25.4 Å². The van der Waals surface area contributed by atoms with Crippen molar-refractivity contribution in [1.82, 2.24) is 9.31 Å². The highest BCUT2D eigenvalue weighted by Crippen LogP contribution is 2.29. The normalized spacial score (nSPS) is 17.1. The van der Waals surface area contributed by atoms with Crippen molar-refractivity contribution in [2.75, 3.05) is 45.6 Å². The first-order valence-electron chi connectivity index (χ1n) is 10.4. The monoisotopic (exact) mass is 458 g/mol. The summed E-state index contributed by atoms with van der Waals surface area (Å²) < 4.78 is 36.0. The van der Waals surface area contributed by atoms with E-state index in [2.05, 4.69) is 4.40 Å². The van der Waals surface area contributed by atoms with E-state index >= 15 is 0 Å². The summed E-state index contributed by atoms with van der Waals surface area (Å²) in [4.78, 5) is 0. The molecule has 9 nitrogen and oxygen atoms in total. The molecular weight excluding hydrogens is 428 g/mol. The molecule has 172 valence electrons. The van der Waals surface area contributed by atoms with Gasteiger partial charge in [-0.1, -0.05) is 49.4 Å². The van der Waals surface area contributed by atoms with E-state index in [9.17, 15) is 8.42 Å². The molecule has 1 aliphatic heterocycles. The number of anilines is 1. The van der Waals surface area contributed by atoms with Gasteiger partial charge in [0.25, 0.3) is 0 Å². The number of likely N-dealkylation sites (N-methyl/N-ethyl adjacent to an activating group) is 1. The number of rotatable bonds is 9. The smallest absolute Gasteiger partial charge is 0.324 e. The number of nitrogens with two attached hydrogens (primary N) is 2. The molecule has 1 unspecified atom stereocenters. The summed E-state index contributed by atoms with van der Waals surface area (Å²) in [5.74, 6) is 0.113. The molecular formula is C22H30N6O3S. The Kier molecular flexibility index (Phi) is 7.97. The molecule has 0 bridgehead atoms. The van der Waals surface area contributed by atoms with Crippen LogP contribution in [0.2, 0.25) is 0 Å². The fourth-order valence-electron chi connectivity index (χ4n) is 3.53. The van der Waals surface area contributed by atoms with Crippen LogP contribution in [0.3, 0.4) is 0 Å². The molecule has 0 radical (unpaired) electrons. The lowest BCUT2D eigenvalue weighted by Gasteiger charge is -2.20. The van der Waals surface area contributed by atoms with E-state index in [0.29, 0.717) is 12.2 Å². The highest BCUT2D eigenvalue weighted by Gasteiger charge is 2.32. The van der Waals surface area contributed by atoms with Gasteiger partial charge < -0.3 is 16.2 Å². The summed E-state index contributed by atoms with van der Waals surface area (Å²) >= 11 is 0. The number of nitrogen functional groups attached to an aromatic ring is 1. The number of ether oxygens (including phenoxy) is 1. The molecule has 32 heavy (non-hydrogen) atoms. The highest BCUT2D eigenvalue weighted by atomic mass is 32.2. The molecule has 0 saturated heterocycles. The van der Waals surface area contributed by atoms with Crippen molar-refractivity contribution in [3.05, 3.63) is 65.7 Å². The van der Waals surface area contributed by atoms with Crippen molar-refractivity contribution >= 4 is 27.4 Å². The van der Waals surface area contributed by atoms with Gasteiger partial charge in [0.15, 0.2) is 5.84 Å².